The van der Waals surface area contributed by atoms with Gasteiger partial charge in [0.05, 0.1) is 23.1 Å². The molecule has 1 aliphatic rings. The molecule has 0 saturated heterocycles. The van der Waals surface area contributed by atoms with Gasteiger partial charge in [0.1, 0.15) is 0 Å². The summed E-state index contributed by atoms with van der Waals surface area (Å²) in [5.74, 6) is -0.516. The predicted molar refractivity (Wildman–Crippen MR) is 113 cm³/mol. The Morgan fingerprint density at radius 2 is 1.83 bits per heavy atom. The Balaban J connectivity index is 2.16. The first-order valence-corrected chi connectivity index (χ1v) is 11.4. The Morgan fingerprint density at radius 3 is 2.41 bits per heavy atom. The highest BCUT2D eigenvalue weighted by atomic mass is 35.5. The number of carbonyl (C=O) groups is 1. The smallest absolute Gasteiger partial charge is 0.335 e. The summed E-state index contributed by atoms with van der Waals surface area (Å²) < 4.78 is 33.9. The molecule has 0 amide bonds. The van der Waals surface area contributed by atoms with E-state index in [9.17, 15) is 13.2 Å². The molecule has 5 nitrogen and oxygen atoms in total. The highest BCUT2D eigenvalue weighted by Crippen LogP contribution is 2.42. The number of carbonyl (C=O) groups excluding carboxylic acids is 1. The van der Waals surface area contributed by atoms with Crippen molar-refractivity contribution in [3.05, 3.63) is 76.3 Å². The molecule has 2 aromatic carbocycles. The maximum Gasteiger partial charge on any atom is 0.335 e. The minimum Gasteiger partial charge on any atom is -0.463 e. The van der Waals surface area contributed by atoms with Crippen molar-refractivity contribution in [3.8, 4) is 0 Å². The summed E-state index contributed by atoms with van der Waals surface area (Å²) in [6, 6.07) is 12.4. The van der Waals surface area contributed by atoms with E-state index >= 15 is 0 Å². The topological polar surface area (TPSA) is 63.7 Å². The summed E-state index contributed by atoms with van der Waals surface area (Å²) in [5.41, 5.74) is 1.91. The van der Waals surface area contributed by atoms with Gasteiger partial charge in [0, 0.05) is 11.1 Å². The van der Waals surface area contributed by atoms with Gasteiger partial charge in [-0.25, -0.2) is 13.2 Å². The molecule has 0 fully saturated rings. The summed E-state index contributed by atoms with van der Waals surface area (Å²) in [5, 5.41) is 0.471. The molecule has 2 aromatic rings. The largest absolute Gasteiger partial charge is 0.463 e. The summed E-state index contributed by atoms with van der Waals surface area (Å²) in [7, 11) is -3.88. The molecule has 3 rings (SSSR count). The van der Waals surface area contributed by atoms with Crippen molar-refractivity contribution >= 4 is 27.6 Å². The molecular formula is C22H24ClNO4S. The van der Waals surface area contributed by atoms with Gasteiger partial charge in [0.15, 0.2) is 0 Å². The normalized spacial score (nSPS) is 19.8. The lowest BCUT2D eigenvalue weighted by molar-refractivity contribution is -0.138. The molecule has 29 heavy (non-hydrogen) atoms. The Kier molecular flexibility index (Phi) is 6.46. The number of nitrogens with zero attached hydrogens (tertiary/aromatic N) is 1. The third-order valence-corrected chi connectivity index (χ3v) is 7.08. The van der Waals surface area contributed by atoms with Crippen molar-refractivity contribution in [2.24, 2.45) is 0 Å². The number of benzene rings is 2. The molecule has 0 aliphatic carbocycles. The Bertz CT molecular complexity index is 1030. The predicted octanol–water partition coefficient (Wildman–Crippen LogP) is 4.66. The minimum absolute atomic E-state index is 0.187. The molecule has 0 saturated carbocycles. The minimum atomic E-state index is -3.88. The van der Waals surface area contributed by atoms with E-state index in [1.807, 2.05) is 13.8 Å². The molecule has 0 aromatic heterocycles. The van der Waals surface area contributed by atoms with E-state index in [2.05, 4.69) is 0 Å². The van der Waals surface area contributed by atoms with Crippen LogP contribution in [0.5, 0.6) is 0 Å². The van der Waals surface area contributed by atoms with Crippen molar-refractivity contribution in [1.82, 2.24) is 4.31 Å². The Hall–Kier alpha value is -2.15. The zero-order valence-corrected chi connectivity index (χ0v) is 18.2. The fraction of sp³-hybridized carbons (Fsp3) is 0.318. The first-order chi connectivity index (χ1) is 13.8. The average Bonchev–Trinajstić information content (AvgIpc) is 3.09. The summed E-state index contributed by atoms with van der Waals surface area (Å²) >= 11 is 6.17. The molecule has 0 N–H and O–H groups in total. The quantitative estimate of drug-likeness (QED) is 0.621. The van der Waals surface area contributed by atoms with Gasteiger partial charge in [-0.15, -0.1) is 0 Å². The number of aryl methyl sites for hydroxylation is 1. The maximum absolute atomic E-state index is 13.6. The number of hydrogen-bond acceptors (Lipinski definition) is 4. The van der Waals surface area contributed by atoms with E-state index in [-0.39, 0.29) is 11.5 Å². The van der Waals surface area contributed by atoms with Gasteiger partial charge in [-0.2, -0.15) is 4.31 Å². The summed E-state index contributed by atoms with van der Waals surface area (Å²) in [6.07, 6.45) is 2.22. The van der Waals surface area contributed by atoms with E-state index in [1.54, 1.807) is 61.5 Å². The van der Waals surface area contributed by atoms with Crippen LogP contribution in [0.15, 0.2) is 65.1 Å². The van der Waals surface area contributed by atoms with Crippen LogP contribution in [0.4, 0.5) is 0 Å². The monoisotopic (exact) mass is 433 g/mol. The van der Waals surface area contributed by atoms with Crippen LogP contribution in [0, 0.1) is 6.92 Å². The fourth-order valence-electron chi connectivity index (χ4n) is 3.54. The number of ether oxygens (including phenoxy) is 1. The second-order valence-electron chi connectivity index (χ2n) is 6.92. The van der Waals surface area contributed by atoms with E-state index in [4.69, 9.17) is 16.3 Å². The maximum atomic E-state index is 13.6. The number of esters is 1. The van der Waals surface area contributed by atoms with Gasteiger partial charge in [-0.3, -0.25) is 0 Å². The zero-order valence-electron chi connectivity index (χ0n) is 16.6. The molecule has 7 heteroatoms. The molecular weight excluding hydrogens is 410 g/mol. The second-order valence-corrected chi connectivity index (χ2v) is 9.20. The van der Waals surface area contributed by atoms with Crippen LogP contribution in [0.1, 0.15) is 37.4 Å². The van der Waals surface area contributed by atoms with Crippen molar-refractivity contribution in [2.45, 2.75) is 44.2 Å². The first-order valence-electron chi connectivity index (χ1n) is 9.54. The number of rotatable bonds is 6. The number of hydrogen-bond donors (Lipinski definition) is 0. The Morgan fingerprint density at radius 1 is 1.14 bits per heavy atom. The van der Waals surface area contributed by atoms with Crippen LogP contribution in [-0.2, 0) is 19.6 Å². The van der Waals surface area contributed by atoms with Gasteiger partial charge >= 0.3 is 5.97 Å². The molecule has 1 heterocycles. The van der Waals surface area contributed by atoms with Crippen LogP contribution in [0.25, 0.3) is 0 Å². The van der Waals surface area contributed by atoms with Gasteiger partial charge in [-0.1, -0.05) is 54.4 Å². The highest BCUT2D eigenvalue weighted by Gasteiger charge is 2.45. The van der Waals surface area contributed by atoms with Crippen molar-refractivity contribution in [1.29, 1.82) is 0 Å². The SMILES string of the molecule is CCOC(=O)C1=C[C@@H](CC)N(S(=O)(=O)c2ccc(C)cc2)[C@H]1c1cccc(Cl)c1. The third-order valence-electron chi connectivity index (χ3n) is 4.94. The number of halogens is 1. The van der Waals surface area contributed by atoms with Gasteiger partial charge in [-0.05, 0) is 50.1 Å². The lowest BCUT2D eigenvalue weighted by atomic mass is 10.0. The van der Waals surface area contributed by atoms with E-state index in [0.717, 1.165) is 5.56 Å². The zero-order chi connectivity index (χ0) is 21.2. The average molecular weight is 434 g/mol. The highest BCUT2D eigenvalue weighted by molar-refractivity contribution is 7.89. The van der Waals surface area contributed by atoms with Gasteiger partial charge in [0.2, 0.25) is 10.0 Å². The third kappa shape index (κ3) is 4.25. The molecule has 0 unspecified atom stereocenters. The van der Waals surface area contributed by atoms with Gasteiger partial charge < -0.3 is 4.74 Å². The second kappa shape index (κ2) is 8.69. The molecule has 0 bridgehead atoms. The lowest BCUT2D eigenvalue weighted by Gasteiger charge is -2.30. The van der Waals surface area contributed by atoms with Crippen molar-refractivity contribution in [2.75, 3.05) is 6.61 Å². The molecule has 0 spiro atoms. The molecule has 0 radical (unpaired) electrons. The summed E-state index contributed by atoms with van der Waals surface area (Å²) in [6.45, 7) is 5.72. The van der Waals surface area contributed by atoms with Crippen molar-refractivity contribution < 1.29 is 17.9 Å². The number of sulfonamides is 1. The fourth-order valence-corrected chi connectivity index (χ4v) is 5.55. The molecule has 1 aliphatic heterocycles. The lowest BCUT2D eigenvalue weighted by Crippen LogP contribution is -2.38. The van der Waals surface area contributed by atoms with E-state index in [0.29, 0.717) is 22.6 Å². The van der Waals surface area contributed by atoms with Crippen LogP contribution < -0.4 is 0 Å². The Labute approximate surface area is 177 Å². The molecule has 154 valence electrons. The van der Waals surface area contributed by atoms with Crippen molar-refractivity contribution in [3.63, 3.8) is 0 Å². The molecule has 2 atom stereocenters. The van der Waals surface area contributed by atoms with Crippen LogP contribution >= 0.6 is 11.6 Å². The van der Waals surface area contributed by atoms with Gasteiger partial charge in [0.25, 0.3) is 0 Å². The van der Waals surface area contributed by atoms with Crippen LogP contribution in [-0.4, -0.2) is 31.3 Å². The first kappa shape index (κ1) is 21.6. The summed E-state index contributed by atoms with van der Waals surface area (Å²) in [4.78, 5) is 12.9. The van der Waals surface area contributed by atoms with E-state index < -0.39 is 28.1 Å². The standard InChI is InChI=1S/C22H24ClNO4S/c1-4-18-14-20(22(25)28-5-2)21(16-7-6-8-17(23)13-16)24(18)29(26,27)19-11-9-15(3)10-12-19/h6-14,18,21H,4-5H2,1-3H3/t18-,21+/m1/s1. The van der Waals surface area contributed by atoms with Crippen LogP contribution in [0.2, 0.25) is 5.02 Å². The van der Waals surface area contributed by atoms with E-state index in [1.165, 1.54) is 4.31 Å². The van der Waals surface area contributed by atoms with Crippen LogP contribution in [0.3, 0.4) is 0 Å².